The van der Waals surface area contributed by atoms with Crippen molar-refractivity contribution in [1.29, 1.82) is 0 Å². The van der Waals surface area contributed by atoms with E-state index in [1.807, 2.05) is 24.3 Å². The summed E-state index contributed by atoms with van der Waals surface area (Å²) < 4.78 is 22.9. The summed E-state index contributed by atoms with van der Waals surface area (Å²) in [4.78, 5) is 0. The van der Waals surface area contributed by atoms with Crippen molar-refractivity contribution in [2.45, 2.75) is 19.0 Å². The number of rotatable bonds is 4. The second kappa shape index (κ2) is 6.00. The molecule has 0 saturated carbocycles. The van der Waals surface area contributed by atoms with E-state index in [0.717, 1.165) is 6.42 Å². The van der Waals surface area contributed by atoms with Crippen molar-refractivity contribution in [3.63, 3.8) is 0 Å². The first-order valence-electron chi connectivity index (χ1n) is 7.21. The van der Waals surface area contributed by atoms with Gasteiger partial charge in [-0.1, -0.05) is 48.5 Å². The summed E-state index contributed by atoms with van der Waals surface area (Å²) in [5, 5.41) is 3.35. The Balaban J connectivity index is 1.67. The lowest BCUT2D eigenvalue weighted by Crippen LogP contribution is -2.29. The summed E-state index contributed by atoms with van der Waals surface area (Å²) in [6, 6.07) is 18.7. The highest BCUT2D eigenvalue weighted by molar-refractivity contribution is 7.91. The molecule has 1 fully saturated rings. The quantitative estimate of drug-likeness (QED) is 0.944. The smallest absolute Gasteiger partial charge is 0.151 e. The van der Waals surface area contributed by atoms with E-state index in [-0.39, 0.29) is 11.8 Å². The Morgan fingerprint density at radius 1 is 1.00 bits per heavy atom. The number of hydrogen-bond donors (Lipinski definition) is 1. The van der Waals surface area contributed by atoms with Crippen molar-refractivity contribution >= 4 is 9.84 Å². The molecule has 2 aromatic rings. The van der Waals surface area contributed by atoms with Crippen LogP contribution in [-0.2, 0) is 16.4 Å². The van der Waals surface area contributed by atoms with Gasteiger partial charge in [-0.2, -0.15) is 0 Å². The third kappa shape index (κ3) is 3.71. The van der Waals surface area contributed by atoms with E-state index >= 15 is 0 Å². The van der Waals surface area contributed by atoms with Crippen LogP contribution in [0.3, 0.4) is 0 Å². The Kier molecular flexibility index (Phi) is 4.08. The van der Waals surface area contributed by atoms with Gasteiger partial charge in [-0.3, -0.25) is 0 Å². The zero-order chi connectivity index (χ0) is 14.7. The molecule has 3 nitrogen and oxygen atoms in total. The molecule has 4 heteroatoms. The van der Waals surface area contributed by atoms with Gasteiger partial charge in [-0.25, -0.2) is 8.42 Å². The monoisotopic (exact) mass is 301 g/mol. The molecular weight excluding hydrogens is 282 g/mol. The van der Waals surface area contributed by atoms with Crippen LogP contribution in [0, 0.1) is 0 Å². The highest BCUT2D eigenvalue weighted by Crippen LogP contribution is 2.20. The van der Waals surface area contributed by atoms with Gasteiger partial charge < -0.3 is 5.32 Å². The number of hydrogen-bond acceptors (Lipinski definition) is 3. The van der Waals surface area contributed by atoms with E-state index in [1.165, 1.54) is 16.7 Å². The Labute approximate surface area is 125 Å². The number of nitrogens with one attached hydrogen (secondary N) is 1. The Morgan fingerprint density at radius 2 is 1.76 bits per heavy atom. The SMILES string of the molecule is O=S1(=O)CC[C@H](NCc2cccc(-c3ccccc3)c2)C1. The van der Waals surface area contributed by atoms with Crippen molar-refractivity contribution in [1.82, 2.24) is 5.32 Å². The van der Waals surface area contributed by atoms with Crippen molar-refractivity contribution < 1.29 is 8.42 Å². The third-order valence-corrected chi connectivity index (χ3v) is 5.63. The second-order valence-electron chi connectivity index (χ2n) is 5.55. The van der Waals surface area contributed by atoms with Crippen LogP contribution in [0.15, 0.2) is 54.6 Å². The lowest BCUT2D eigenvalue weighted by atomic mass is 10.0. The lowest BCUT2D eigenvalue weighted by Gasteiger charge is -2.11. The predicted octanol–water partition coefficient (Wildman–Crippen LogP) is 2.63. The molecule has 0 aromatic heterocycles. The molecule has 21 heavy (non-hydrogen) atoms. The predicted molar refractivity (Wildman–Crippen MR) is 85.8 cm³/mol. The van der Waals surface area contributed by atoms with Gasteiger partial charge >= 0.3 is 0 Å². The zero-order valence-corrected chi connectivity index (χ0v) is 12.6. The van der Waals surface area contributed by atoms with Crippen LogP contribution in [0.4, 0.5) is 0 Å². The Bertz CT molecular complexity index is 711. The number of benzene rings is 2. The summed E-state index contributed by atoms with van der Waals surface area (Å²) in [6.07, 6.45) is 0.723. The minimum Gasteiger partial charge on any atom is -0.309 e. The highest BCUT2D eigenvalue weighted by Gasteiger charge is 2.27. The minimum absolute atomic E-state index is 0.0929. The third-order valence-electron chi connectivity index (χ3n) is 3.86. The average molecular weight is 301 g/mol. The van der Waals surface area contributed by atoms with Gasteiger partial charge in [0.25, 0.3) is 0 Å². The fourth-order valence-electron chi connectivity index (χ4n) is 2.71. The number of sulfone groups is 1. The van der Waals surface area contributed by atoms with E-state index in [1.54, 1.807) is 0 Å². The molecule has 110 valence electrons. The minimum atomic E-state index is -2.81. The Morgan fingerprint density at radius 3 is 2.48 bits per heavy atom. The van der Waals surface area contributed by atoms with E-state index < -0.39 is 9.84 Å². The van der Waals surface area contributed by atoms with Gasteiger partial charge in [0.15, 0.2) is 9.84 Å². The molecule has 0 amide bonds. The molecule has 1 aliphatic heterocycles. The first-order valence-corrected chi connectivity index (χ1v) is 9.03. The summed E-state index contributed by atoms with van der Waals surface area (Å²) in [6.45, 7) is 0.709. The summed E-state index contributed by atoms with van der Waals surface area (Å²) >= 11 is 0. The van der Waals surface area contributed by atoms with Crippen LogP contribution < -0.4 is 5.32 Å². The van der Waals surface area contributed by atoms with Crippen LogP contribution in [-0.4, -0.2) is 26.0 Å². The van der Waals surface area contributed by atoms with Gasteiger partial charge in [-0.15, -0.1) is 0 Å². The van der Waals surface area contributed by atoms with Crippen molar-refractivity contribution in [3.05, 3.63) is 60.2 Å². The van der Waals surface area contributed by atoms with Crippen LogP contribution >= 0.6 is 0 Å². The van der Waals surface area contributed by atoms with Crippen molar-refractivity contribution in [2.75, 3.05) is 11.5 Å². The van der Waals surface area contributed by atoms with Gasteiger partial charge in [0.1, 0.15) is 0 Å². The summed E-state index contributed by atoms with van der Waals surface area (Å²) in [5.74, 6) is 0.583. The molecule has 0 radical (unpaired) electrons. The second-order valence-corrected chi connectivity index (χ2v) is 7.78. The molecule has 1 saturated heterocycles. The maximum atomic E-state index is 11.5. The van der Waals surface area contributed by atoms with Gasteiger partial charge in [0.2, 0.25) is 0 Å². The normalized spacial score (nSPS) is 20.5. The molecule has 1 aliphatic rings. The average Bonchev–Trinajstić information content (AvgIpc) is 2.86. The molecule has 0 spiro atoms. The van der Waals surface area contributed by atoms with Crippen LogP contribution in [0.25, 0.3) is 11.1 Å². The van der Waals surface area contributed by atoms with Gasteiger partial charge in [0.05, 0.1) is 11.5 Å². The largest absolute Gasteiger partial charge is 0.309 e. The van der Waals surface area contributed by atoms with E-state index in [0.29, 0.717) is 12.3 Å². The molecule has 2 aromatic carbocycles. The lowest BCUT2D eigenvalue weighted by molar-refractivity contribution is 0.554. The maximum Gasteiger partial charge on any atom is 0.151 e. The first-order chi connectivity index (χ1) is 10.1. The zero-order valence-electron chi connectivity index (χ0n) is 11.8. The van der Waals surface area contributed by atoms with E-state index in [4.69, 9.17) is 0 Å². The molecule has 1 heterocycles. The van der Waals surface area contributed by atoms with Crippen LogP contribution in [0.2, 0.25) is 0 Å². The first kappa shape index (κ1) is 14.3. The highest BCUT2D eigenvalue weighted by atomic mass is 32.2. The molecule has 3 rings (SSSR count). The fraction of sp³-hybridized carbons (Fsp3) is 0.294. The van der Waals surface area contributed by atoms with Crippen molar-refractivity contribution in [3.8, 4) is 11.1 Å². The summed E-state index contributed by atoms with van der Waals surface area (Å²) in [7, 11) is -2.81. The molecule has 1 N–H and O–H groups in total. The van der Waals surface area contributed by atoms with Crippen molar-refractivity contribution in [2.24, 2.45) is 0 Å². The molecule has 0 aliphatic carbocycles. The van der Waals surface area contributed by atoms with Gasteiger partial charge in [0, 0.05) is 12.6 Å². The molecule has 0 unspecified atom stereocenters. The van der Waals surface area contributed by atoms with E-state index in [2.05, 4.69) is 35.6 Å². The topological polar surface area (TPSA) is 46.2 Å². The molecule has 1 atom stereocenters. The van der Waals surface area contributed by atoms with Crippen LogP contribution in [0.5, 0.6) is 0 Å². The standard InChI is InChI=1S/C17H19NO2S/c19-21(20)10-9-17(13-21)18-12-14-5-4-8-16(11-14)15-6-2-1-3-7-15/h1-8,11,17-18H,9-10,12-13H2/t17-/m0/s1. The summed E-state index contributed by atoms with van der Waals surface area (Å²) in [5.41, 5.74) is 3.57. The fourth-order valence-corrected chi connectivity index (χ4v) is 4.42. The Hall–Kier alpha value is -1.65. The van der Waals surface area contributed by atoms with Crippen LogP contribution in [0.1, 0.15) is 12.0 Å². The molecule has 0 bridgehead atoms. The van der Waals surface area contributed by atoms with Gasteiger partial charge in [-0.05, 0) is 29.2 Å². The van der Waals surface area contributed by atoms with E-state index in [9.17, 15) is 8.42 Å². The maximum absolute atomic E-state index is 11.5. The molecular formula is C17H19NO2S.